The Morgan fingerprint density at radius 3 is 2.43 bits per heavy atom. The molecule has 0 aliphatic rings. The lowest BCUT2D eigenvalue weighted by Gasteiger charge is -2.24. The summed E-state index contributed by atoms with van der Waals surface area (Å²) < 4.78 is 27.1. The van der Waals surface area contributed by atoms with E-state index in [1.165, 1.54) is 26.2 Å². The molecule has 28 heavy (non-hydrogen) atoms. The lowest BCUT2D eigenvalue weighted by atomic mass is 10.1. The summed E-state index contributed by atoms with van der Waals surface area (Å²) in [4.78, 5) is 19.5. The van der Waals surface area contributed by atoms with E-state index in [2.05, 4.69) is 4.98 Å². The fourth-order valence-corrected chi connectivity index (χ4v) is 4.79. The number of benzene rings is 2. The van der Waals surface area contributed by atoms with Crippen LogP contribution in [0.5, 0.6) is 0 Å². The molecule has 1 aromatic heterocycles. The molecule has 3 rings (SSSR count). The number of carbonyl (C=O) groups excluding carboxylic acids is 1. The Balaban J connectivity index is 1.94. The van der Waals surface area contributed by atoms with Crippen molar-refractivity contribution in [2.24, 2.45) is 0 Å². The van der Waals surface area contributed by atoms with Crippen molar-refractivity contribution < 1.29 is 13.2 Å². The Bertz CT molecular complexity index is 1100. The first-order valence-corrected chi connectivity index (χ1v) is 11.0. The number of sulfonamides is 1. The maximum atomic E-state index is 13.1. The van der Waals surface area contributed by atoms with Crippen LogP contribution in [0, 0.1) is 6.92 Å². The van der Waals surface area contributed by atoms with E-state index < -0.39 is 10.0 Å². The van der Waals surface area contributed by atoms with Gasteiger partial charge in [0, 0.05) is 26.7 Å². The number of carbonyl (C=O) groups is 1. The van der Waals surface area contributed by atoms with Gasteiger partial charge in [-0.25, -0.2) is 17.7 Å². The molecule has 3 aromatic rings. The molecule has 8 heteroatoms. The second kappa shape index (κ2) is 7.62. The Hall–Kier alpha value is -2.29. The number of aromatic nitrogens is 1. The summed E-state index contributed by atoms with van der Waals surface area (Å²) >= 11 is 1.55. The molecule has 1 amide bonds. The molecule has 0 spiro atoms. The first-order chi connectivity index (χ1) is 13.1. The van der Waals surface area contributed by atoms with Gasteiger partial charge in [0.15, 0.2) is 0 Å². The van der Waals surface area contributed by atoms with E-state index in [9.17, 15) is 13.2 Å². The van der Waals surface area contributed by atoms with Crippen molar-refractivity contribution in [3.8, 4) is 0 Å². The minimum Gasteiger partial charge on any atom is -0.333 e. The number of aryl methyl sites for hydroxylation is 1. The first-order valence-electron chi connectivity index (χ1n) is 8.78. The summed E-state index contributed by atoms with van der Waals surface area (Å²) in [6, 6.07) is 12.3. The highest BCUT2D eigenvalue weighted by atomic mass is 32.2. The Labute approximate surface area is 169 Å². The molecule has 0 aliphatic carbocycles. The molecular formula is C20H23N3O3S2. The van der Waals surface area contributed by atoms with Gasteiger partial charge < -0.3 is 4.90 Å². The van der Waals surface area contributed by atoms with Gasteiger partial charge in [-0.2, -0.15) is 0 Å². The van der Waals surface area contributed by atoms with Gasteiger partial charge in [0.25, 0.3) is 5.91 Å². The molecule has 1 heterocycles. The van der Waals surface area contributed by atoms with Crippen LogP contribution < -0.4 is 0 Å². The third-order valence-electron chi connectivity index (χ3n) is 4.79. The summed E-state index contributed by atoms with van der Waals surface area (Å²) in [5, 5.41) is 0.840. The number of hydrogen-bond donors (Lipinski definition) is 0. The molecule has 0 fully saturated rings. The summed E-state index contributed by atoms with van der Waals surface area (Å²) in [5.41, 5.74) is 2.01. The average Bonchev–Trinajstić information content (AvgIpc) is 3.10. The van der Waals surface area contributed by atoms with Gasteiger partial charge in [0.1, 0.15) is 5.01 Å². The van der Waals surface area contributed by atoms with Crippen molar-refractivity contribution in [3.63, 3.8) is 0 Å². The monoisotopic (exact) mass is 417 g/mol. The number of rotatable bonds is 5. The van der Waals surface area contributed by atoms with E-state index >= 15 is 0 Å². The number of amides is 1. The van der Waals surface area contributed by atoms with Crippen LogP contribution in [0.15, 0.2) is 47.4 Å². The fraction of sp³-hybridized carbons (Fsp3) is 0.300. The van der Waals surface area contributed by atoms with Gasteiger partial charge in [0.05, 0.1) is 21.2 Å². The average molecular weight is 418 g/mol. The zero-order chi connectivity index (χ0) is 20.6. The van der Waals surface area contributed by atoms with Gasteiger partial charge in [0.2, 0.25) is 10.0 Å². The lowest BCUT2D eigenvalue weighted by Crippen LogP contribution is -2.30. The molecule has 0 N–H and O–H groups in total. The number of para-hydroxylation sites is 1. The van der Waals surface area contributed by atoms with Gasteiger partial charge in [-0.05, 0) is 43.7 Å². The zero-order valence-corrected chi connectivity index (χ0v) is 18.1. The number of hydrogen-bond acceptors (Lipinski definition) is 5. The predicted molar refractivity (Wildman–Crippen MR) is 112 cm³/mol. The minimum absolute atomic E-state index is 0.104. The quantitative estimate of drug-likeness (QED) is 0.635. The van der Waals surface area contributed by atoms with E-state index in [4.69, 9.17) is 0 Å². The second-order valence-electron chi connectivity index (χ2n) is 6.88. The molecule has 0 unspecified atom stereocenters. The highest BCUT2D eigenvalue weighted by Crippen LogP contribution is 2.30. The Morgan fingerprint density at radius 1 is 1.11 bits per heavy atom. The van der Waals surface area contributed by atoms with Crippen LogP contribution in [0.2, 0.25) is 0 Å². The van der Waals surface area contributed by atoms with Crippen LogP contribution in [-0.2, 0) is 10.0 Å². The first kappa shape index (κ1) is 20.4. The molecule has 0 aliphatic heterocycles. The lowest BCUT2D eigenvalue weighted by molar-refractivity contribution is 0.0741. The Morgan fingerprint density at radius 2 is 1.79 bits per heavy atom. The maximum Gasteiger partial charge on any atom is 0.254 e. The highest BCUT2D eigenvalue weighted by molar-refractivity contribution is 7.89. The molecule has 1 atom stereocenters. The summed E-state index contributed by atoms with van der Waals surface area (Å²) in [5.74, 6) is -0.236. The van der Waals surface area contributed by atoms with E-state index in [0.29, 0.717) is 5.56 Å². The van der Waals surface area contributed by atoms with Crippen LogP contribution in [-0.4, -0.2) is 49.7 Å². The van der Waals surface area contributed by atoms with Crippen molar-refractivity contribution in [2.45, 2.75) is 24.8 Å². The topological polar surface area (TPSA) is 70.6 Å². The maximum absolute atomic E-state index is 13.1. The van der Waals surface area contributed by atoms with Crippen molar-refractivity contribution >= 4 is 37.5 Å². The third-order valence-corrected chi connectivity index (χ3v) is 7.80. The molecule has 0 saturated heterocycles. The molecule has 0 saturated carbocycles. The van der Waals surface area contributed by atoms with E-state index in [1.54, 1.807) is 36.3 Å². The van der Waals surface area contributed by atoms with Gasteiger partial charge in [-0.3, -0.25) is 4.79 Å². The standard InChI is InChI=1S/C20H23N3O3S2/c1-13-10-11-15(28(25,26)22(3)4)12-16(13)20(24)23(5)14(2)19-21-17-8-6-7-9-18(17)27-19/h6-12,14H,1-5H3/t14-/m1/s1. The van der Waals surface area contributed by atoms with Crippen LogP contribution in [0.3, 0.4) is 0 Å². The fourth-order valence-electron chi connectivity index (χ4n) is 2.80. The van der Waals surface area contributed by atoms with E-state index in [1.807, 2.05) is 31.2 Å². The number of thiazole rings is 1. The molecule has 2 aromatic carbocycles. The normalized spacial score (nSPS) is 13.1. The molecule has 0 bridgehead atoms. The molecule has 0 radical (unpaired) electrons. The second-order valence-corrected chi connectivity index (χ2v) is 10.1. The van der Waals surface area contributed by atoms with Crippen molar-refractivity contribution in [1.29, 1.82) is 0 Å². The summed E-state index contributed by atoms with van der Waals surface area (Å²) in [7, 11) is 1.04. The predicted octanol–water partition coefficient (Wildman–Crippen LogP) is 3.69. The van der Waals surface area contributed by atoms with Gasteiger partial charge in [-0.1, -0.05) is 18.2 Å². The van der Waals surface area contributed by atoms with Crippen LogP contribution in [0.1, 0.15) is 33.9 Å². The van der Waals surface area contributed by atoms with Crippen molar-refractivity contribution in [3.05, 3.63) is 58.6 Å². The number of nitrogens with zero attached hydrogens (tertiary/aromatic N) is 3. The van der Waals surface area contributed by atoms with Crippen LogP contribution in [0.25, 0.3) is 10.2 Å². The van der Waals surface area contributed by atoms with Crippen molar-refractivity contribution in [2.75, 3.05) is 21.1 Å². The molecular weight excluding hydrogens is 394 g/mol. The third kappa shape index (κ3) is 3.67. The number of fused-ring (bicyclic) bond motifs is 1. The van der Waals surface area contributed by atoms with Crippen LogP contribution >= 0.6 is 11.3 Å². The van der Waals surface area contributed by atoms with Gasteiger partial charge >= 0.3 is 0 Å². The molecule has 6 nitrogen and oxygen atoms in total. The summed E-state index contributed by atoms with van der Waals surface area (Å²) in [6.45, 7) is 3.72. The smallest absolute Gasteiger partial charge is 0.254 e. The minimum atomic E-state index is -3.61. The molecule has 148 valence electrons. The van der Waals surface area contributed by atoms with Gasteiger partial charge in [-0.15, -0.1) is 11.3 Å². The highest BCUT2D eigenvalue weighted by Gasteiger charge is 2.25. The zero-order valence-electron chi connectivity index (χ0n) is 16.5. The van der Waals surface area contributed by atoms with E-state index in [-0.39, 0.29) is 16.8 Å². The summed E-state index contributed by atoms with van der Waals surface area (Å²) in [6.07, 6.45) is 0. The SMILES string of the molecule is Cc1ccc(S(=O)(=O)N(C)C)cc1C(=O)N(C)[C@H](C)c1nc2ccccc2s1. The van der Waals surface area contributed by atoms with E-state index in [0.717, 1.165) is 25.1 Å². The largest absolute Gasteiger partial charge is 0.333 e. The Kier molecular flexibility index (Phi) is 5.56. The van der Waals surface area contributed by atoms with Crippen molar-refractivity contribution in [1.82, 2.24) is 14.2 Å². The van der Waals surface area contributed by atoms with Crippen LogP contribution in [0.4, 0.5) is 0 Å².